The molecule has 0 aromatic heterocycles. The lowest BCUT2D eigenvalue weighted by Crippen LogP contribution is -2.09. The zero-order chi connectivity index (χ0) is 9.68. The lowest BCUT2D eigenvalue weighted by atomic mass is 10.2. The molecular weight excluding hydrogens is 251 g/mol. The minimum atomic E-state index is 0.383. The summed E-state index contributed by atoms with van der Waals surface area (Å²) >= 11 is 9.08. The highest BCUT2D eigenvalue weighted by atomic mass is 79.9. The highest BCUT2D eigenvalue weighted by Crippen LogP contribution is 2.24. The minimum Gasteiger partial charge on any atom is -0.492 e. The van der Waals surface area contributed by atoms with Gasteiger partial charge in [-0.1, -0.05) is 19.1 Å². The fourth-order valence-electron chi connectivity index (χ4n) is 0.838. The maximum atomic E-state index is 5.67. The third kappa shape index (κ3) is 3.57. The number of para-hydroxylation sites is 1. The second-order valence-corrected chi connectivity index (χ2v) is 4.16. The number of benzene rings is 1. The normalized spacial score (nSPS) is 12.5. The van der Waals surface area contributed by atoms with Crippen LogP contribution in [-0.4, -0.2) is 12.5 Å². The van der Waals surface area contributed by atoms with E-state index in [4.69, 9.17) is 16.3 Å². The van der Waals surface area contributed by atoms with E-state index in [1.165, 1.54) is 0 Å². The molecule has 1 aromatic rings. The van der Waals surface area contributed by atoms with Crippen molar-refractivity contribution in [2.24, 2.45) is 5.92 Å². The smallest absolute Gasteiger partial charge is 0.133 e. The largest absolute Gasteiger partial charge is 0.492 e. The number of hydrogen-bond donors (Lipinski definition) is 0. The molecular formula is C10H12BrClO. The van der Waals surface area contributed by atoms with Gasteiger partial charge < -0.3 is 4.74 Å². The van der Waals surface area contributed by atoms with E-state index in [2.05, 4.69) is 22.9 Å². The molecule has 3 heteroatoms. The second kappa shape index (κ2) is 5.51. The van der Waals surface area contributed by atoms with Crippen LogP contribution in [0.1, 0.15) is 6.92 Å². The maximum absolute atomic E-state index is 5.67. The summed E-state index contributed by atoms with van der Waals surface area (Å²) in [5.74, 6) is 1.89. The van der Waals surface area contributed by atoms with Crippen molar-refractivity contribution in [3.8, 4) is 5.75 Å². The first-order chi connectivity index (χ1) is 6.24. The van der Waals surface area contributed by atoms with Crippen molar-refractivity contribution in [3.05, 3.63) is 28.7 Å². The van der Waals surface area contributed by atoms with Crippen LogP contribution >= 0.6 is 27.5 Å². The van der Waals surface area contributed by atoms with Gasteiger partial charge >= 0.3 is 0 Å². The summed E-state index contributed by atoms with van der Waals surface area (Å²) in [5.41, 5.74) is 0. The van der Waals surface area contributed by atoms with Crippen molar-refractivity contribution in [1.82, 2.24) is 0 Å². The topological polar surface area (TPSA) is 9.23 Å². The van der Waals surface area contributed by atoms with Crippen LogP contribution in [0.4, 0.5) is 0 Å². The highest BCUT2D eigenvalue weighted by molar-refractivity contribution is 9.10. The van der Waals surface area contributed by atoms with Crippen molar-refractivity contribution in [3.63, 3.8) is 0 Å². The molecule has 0 saturated carbocycles. The number of hydrogen-bond acceptors (Lipinski definition) is 1. The van der Waals surface area contributed by atoms with E-state index < -0.39 is 0 Å². The molecule has 1 unspecified atom stereocenters. The summed E-state index contributed by atoms with van der Waals surface area (Å²) in [6.07, 6.45) is 0. The third-order valence-electron chi connectivity index (χ3n) is 1.62. The third-order valence-corrected chi connectivity index (χ3v) is 2.81. The standard InChI is InChI=1S/C10H12BrClO/c1-8(6-12)7-13-10-5-3-2-4-9(10)11/h2-5,8H,6-7H2,1H3. The molecule has 1 atom stereocenters. The summed E-state index contributed by atoms with van der Waals surface area (Å²) in [6.45, 7) is 2.72. The van der Waals surface area contributed by atoms with Crippen LogP contribution in [0, 0.1) is 5.92 Å². The van der Waals surface area contributed by atoms with E-state index in [9.17, 15) is 0 Å². The quantitative estimate of drug-likeness (QED) is 0.753. The number of halogens is 2. The number of rotatable bonds is 4. The molecule has 0 aliphatic rings. The zero-order valence-electron chi connectivity index (χ0n) is 7.47. The molecule has 0 aliphatic carbocycles. The van der Waals surface area contributed by atoms with Gasteiger partial charge in [0.15, 0.2) is 0 Å². The van der Waals surface area contributed by atoms with Gasteiger partial charge in [0.25, 0.3) is 0 Å². The van der Waals surface area contributed by atoms with Crippen LogP contribution in [0.2, 0.25) is 0 Å². The molecule has 0 amide bonds. The summed E-state index contributed by atoms with van der Waals surface area (Å²) in [5, 5.41) is 0. The molecule has 0 saturated heterocycles. The highest BCUT2D eigenvalue weighted by Gasteiger charge is 2.03. The molecule has 0 radical (unpaired) electrons. The second-order valence-electron chi connectivity index (χ2n) is 3.00. The molecule has 0 bridgehead atoms. The first-order valence-corrected chi connectivity index (χ1v) is 5.50. The fraction of sp³-hybridized carbons (Fsp3) is 0.400. The number of alkyl halides is 1. The van der Waals surface area contributed by atoms with Gasteiger partial charge in [0, 0.05) is 11.8 Å². The summed E-state index contributed by atoms with van der Waals surface area (Å²) in [6, 6.07) is 7.80. The zero-order valence-corrected chi connectivity index (χ0v) is 9.81. The van der Waals surface area contributed by atoms with Gasteiger partial charge in [-0.3, -0.25) is 0 Å². The molecule has 72 valence electrons. The first-order valence-electron chi connectivity index (χ1n) is 4.17. The van der Waals surface area contributed by atoms with Crippen LogP contribution < -0.4 is 4.74 Å². The van der Waals surface area contributed by atoms with Crippen molar-refractivity contribution in [2.45, 2.75) is 6.92 Å². The molecule has 1 rings (SSSR count). The van der Waals surface area contributed by atoms with E-state index >= 15 is 0 Å². The van der Waals surface area contributed by atoms with Gasteiger partial charge in [0.2, 0.25) is 0 Å². The molecule has 0 fully saturated rings. The van der Waals surface area contributed by atoms with Crippen LogP contribution in [0.3, 0.4) is 0 Å². The molecule has 0 N–H and O–H groups in total. The average Bonchev–Trinajstić information content (AvgIpc) is 2.16. The Morgan fingerprint density at radius 3 is 2.77 bits per heavy atom. The van der Waals surface area contributed by atoms with Crippen molar-refractivity contribution >= 4 is 27.5 Å². The number of ether oxygens (including phenoxy) is 1. The molecule has 13 heavy (non-hydrogen) atoms. The summed E-state index contributed by atoms with van der Waals surface area (Å²) < 4.78 is 6.54. The van der Waals surface area contributed by atoms with Gasteiger partial charge in [0.05, 0.1) is 11.1 Å². The van der Waals surface area contributed by atoms with E-state index in [1.807, 2.05) is 24.3 Å². The molecule has 0 spiro atoms. The van der Waals surface area contributed by atoms with E-state index in [-0.39, 0.29) is 0 Å². The first kappa shape index (κ1) is 10.9. The van der Waals surface area contributed by atoms with Gasteiger partial charge in [-0.05, 0) is 28.1 Å². The Labute approximate surface area is 92.2 Å². The van der Waals surface area contributed by atoms with Crippen molar-refractivity contribution < 1.29 is 4.74 Å². The minimum absolute atomic E-state index is 0.383. The fourth-order valence-corrected chi connectivity index (χ4v) is 1.33. The SMILES string of the molecule is CC(CCl)COc1ccccc1Br. The molecule has 1 nitrogen and oxygen atoms in total. The summed E-state index contributed by atoms with van der Waals surface area (Å²) in [4.78, 5) is 0. The lowest BCUT2D eigenvalue weighted by Gasteiger charge is -2.10. The average molecular weight is 264 g/mol. The maximum Gasteiger partial charge on any atom is 0.133 e. The van der Waals surface area contributed by atoms with E-state index in [0.717, 1.165) is 10.2 Å². The van der Waals surface area contributed by atoms with Crippen LogP contribution in [0.25, 0.3) is 0 Å². The predicted octanol–water partition coefficient (Wildman–Crippen LogP) is 3.70. The molecule has 0 aliphatic heterocycles. The molecule has 1 aromatic carbocycles. The Hall–Kier alpha value is -0.210. The van der Waals surface area contributed by atoms with E-state index in [0.29, 0.717) is 18.4 Å². The van der Waals surface area contributed by atoms with Crippen molar-refractivity contribution in [2.75, 3.05) is 12.5 Å². The predicted molar refractivity (Wildman–Crippen MR) is 59.5 cm³/mol. The Kier molecular flexibility index (Phi) is 4.60. The van der Waals surface area contributed by atoms with Gasteiger partial charge in [0.1, 0.15) is 5.75 Å². The van der Waals surface area contributed by atoms with Crippen LogP contribution in [0.5, 0.6) is 5.75 Å². The Balaban J connectivity index is 2.50. The Morgan fingerprint density at radius 2 is 2.15 bits per heavy atom. The van der Waals surface area contributed by atoms with Crippen LogP contribution in [-0.2, 0) is 0 Å². The van der Waals surface area contributed by atoms with Gasteiger partial charge in [-0.2, -0.15) is 0 Å². The Bertz CT molecular complexity index is 265. The van der Waals surface area contributed by atoms with E-state index in [1.54, 1.807) is 0 Å². The Morgan fingerprint density at radius 1 is 1.46 bits per heavy atom. The van der Waals surface area contributed by atoms with Crippen molar-refractivity contribution in [1.29, 1.82) is 0 Å². The molecule has 0 heterocycles. The lowest BCUT2D eigenvalue weighted by molar-refractivity contribution is 0.271. The monoisotopic (exact) mass is 262 g/mol. The van der Waals surface area contributed by atoms with Crippen LogP contribution in [0.15, 0.2) is 28.7 Å². The van der Waals surface area contributed by atoms with Gasteiger partial charge in [-0.25, -0.2) is 0 Å². The summed E-state index contributed by atoms with van der Waals surface area (Å²) in [7, 11) is 0. The van der Waals surface area contributed by atoms with Gasteiger partial charge in [-0.15, -0.1) is 11.6 Å².